The van der Waals surface area contributed by atoms with Crippen LogP contribution in [0.2, 0.25) is 0 Å². The van der Waals surface area contributed by atoms with Crippen molar-refractivity contribution in [3.05, 3.63) is 95.2 Å². The average Bonchev–Trinajstić information content (AvgIpc) is 2.96. The normalized spacial score (nSPS) is 14.2. The van der Waals surface area contributed by atoms with E-state index in [9.17, 15) is 22.8 Å². The number of ether oxygens (including phenoxy) is 1. The molecule has 1 heterocycles. The monoisotopic (exact) mass is 452 g/mol. The van der Waals surface area contributed by atoms with Crippen molar-refractivity contribution in [3.63, 3.8) is 0 Å². The Morgan fingerprint density at radius 1 is 0.818 bits per heavy atom. The fourth-order valence-corrected chi connectivity index (χ4v) is 3.75. The van der Waals surface area contributed by atoms with Gasteiger partial charge in [-0.3, -0.25) is 9.59 Å². The minimum absolute atomic E-state index is 0.0329. The molecule has 0 atom stereocenters. The fraction of sp³-hybridized carbons (Fsp3) is 0.120. The van der Waals surface area contributed by atoms with Crippen molar-refractivity contribution in [1.29, 1.82) is 0 Å². The van der Waals surface area contributed by atoms with Gasteiger partial charge >= 0.3 is 6.36 Å². The maximum atomic E-state index is 13.4. The van der Waals surface area contributed by atoms with Crippen LogP contribution < -0.4 is 15.0 Å². The summed E-state index contributed by atoms with van der Waals surface area (Å²) in [5, 5.41) is 2.84. The van der Waals surface area contributed by atoms with Crippen molar-refractivity contribution in [2.75, 3.05) is 10.2 Å². The van der Waals surface area contributed by atoms with Crippen molar-refractivity contribution in [3.8, 4) is 5.75 Å². The van der Waals surface area contributed by atoms with E-state index in [1.807, 2.05) is 19.9 Å². The van der Waals surface area contributed by atoms with Gasteiger partial charge in [-0.15, -0.1) is 13.2 Å². The average molecular weight is 452 g/mol. The lowest BCUT2D eigenvalue weighted by molar-refractivity contribution is -0.274. The molecule has 5 nitrogen and oxygen atoms in total. The van der Waals surface area contributed by atoms with Crippen LogP contribution in [0.3, 0.4) is 0 Å². The van der Waals surface area contributed by atoms with Gasteiger partial charge in [0.25, 0.3) is 11.8 Å². The maximum Gasteiger partial charge on any atom is 0.573 e. The van der Waals surface area contributed by atoms with Crippen LogP contribution >= 0.6 is 0 Å². The highest BCUT2D eigenvalue weighted by Gasteiger charge is 2.40. The lowest BCUT2D eigenvalue weighted by Gasteiger charge is -2.17. The molecular formula is C25H19F3N2O3. The third-order valence-electron chi connectivity index (χ3n) is 4.95. The van der Waals surface area contributed by atoms with E-state index in [0.29, 0.717) is 11.3 Å². The van der Waals surface area contributed by atoms with Crippen molar-refractivity contribution >= 4 is 28.8 Å². The summed E-state index contributed by atoms with van der Waals surface area (Å²) in [6, 6.07) is 19.1. The fourth-order valence-electron chi connectivity index (χ4n) is 3.75. The molecule has 1 aliphatic heterocycles. The highest BCUT2D eigenvalue weighted by atomic mass is 19.4. The van der Waals surface area contributed by atoms with Crippen LogP contribution in [0.4, 0.5) is 24.5 Å². The number of rotatable bonds is 5. The van der Waals surface area contributed by atoms with Gasteiger partial charge in [-0.25, -0.2) is 4.90 Å². The van der Waals surface area contributed by atoms with Crippen LogP contribution in [0.5, 0.6) is 5.75 Å². The number of alkyl halides is 3. The number of aryl methyl sites for hydroxylation is 2. The van der Waals surface area contributed by atoms with Gasteiger partial charge in [0.05, 0.1) is 11.3 Å². The van der Waals surface area contributed by atoms with Crippen LogP contribution in [-0.2, 0) is 9.59 Å². The predicted molar refractivity (Wildman–Crippen MR) is 119 cm³/mol. The zero-order valence-electron chi connectivity index (χ0n) is 17.7. The van der Waals surface area contributed by atoms with Gasteiger partial charge in [0.1, 0.15) is 11.4 Å². The van der Waals surface area contributed by atoms with Crippen LogP contribution in [0.15, 0.2) is 78.5 Å². The molecule has 0 aliphatic carbocycles. The smallest absolute Gasteiger partial charge is 0.406 e. The van der Waals surface area contributed by atoms with Gasteiger partial charge < -0.3 is 10.1 Å². The number of nitrogens with one attached hydrogen (secondary N) is 1. The Morgan fingerprint density at radius 2 is 1.48 bits per heavy atom. The zero-order chi connectivity index (χ0) is 23.8. The third-order valence-corrected chi connectivity index (χ3v) is 4.95. The van der Waals surface area contributed by atoms with E-state index in [1.54, 1.807) is 42.5 Å². The van der Waals surface area contributed by atoms with Crippen LogP contribution in [0.25, 0.3) is 5.57 Å². The minimum Gasteiger partial charge on any atom is -0.406 e. The molecule has 0 saturated carbocycles. The standard InChI is InChI=1S/C25H19F3N2O3/c1-15-11-16(2)13-19(12-15)30-23(31)21(17-7-4-3-5-8-17)22(24(30)32)29-18-9-6-10-20(14-18)33-25(26,27)28/h3-14,29H,1-2H3. The number of carbonyl (C=O) groups excluding carboxylic acids is 2. The first-order valence-corrected chi connectivity index (χ1v) is 10.0. The highest BCUT2D eigenvalue weighted by Crippen LogP contribution is 2.35. The third kappa shape index (κ3) is 4.74. The molecule has 0 unspecified atom stereocenters. The molecule has 0 radical (unpaired) electrons. The summed E-state index contributed by atoms with van der Waals surface area (Å²) in [6.45, 7) is 3.72. The molecular weight excluding hydrogens is 433 g/mol. The molecule has 3 aromatic rings. The van der Waals surface area contributed by atoms with Gasteiger partial charge in [-0.1, -0.05) is 42.5 Å². The second-order valence-corrected chi connectivity index (χ2v) is 7.61. The first-order chi connectivity index (χ1) is 15.6. The van der Waals surface area contributed by atoms with E-state index in [2.05, 4.69) is 10.1 Å². The molecule has 33 heavy (non-hydrogen) atoms. The highest BCUT2D eigenvalue weighted by molar-refractivity contribution is 6.46. The number of hydrogen-bond acceptors (Lipinski definition) is 4. The van der Waals surface area contributed by atoms with E-state index in [4.69, 9.17) is 0 Å². The van der Waals surface area contributed by atoms with Crippen molar-refractivity contribution in [1.82, 2.24) is 0 Å². The number of hydrogen-bond donors (Lipinski definition) is 1. The van der Waals surface area contributed by atoms with Gasteiger partial charge in [0, 0.05) is 11.8 Å². The lowest BCUT2D eigenvalue weighted by atomic mass is 10.0. The molecule has 0 spiro atoms. The van der Waals surface area contributed by atoms with E-state index < -0.39 is 23.9 Å². The summed E-state index contributed by atoms with van der Waals surface area (Å²) >= 11 is 0. The van der Waals surface area contributed by atoms with Crippen LogP contribution in [-0.4, -0.2) is 18.2 Å². The van der Waals surface area contributed by atoms with Crippen LogP contribution in [0, 0.1) is 13.8 Å². The Hall–Kier alpha value is -4.07. The summed E-state index contributed by atoms with van der Waals surface area (Å²) in [5.41, 5.74) is 2.95. The van der Waals surface area contributed by atoms with E-state index in [0.717, 1.165) is 28.2 Å². The number of benzene rings is 3. The zero-order valence-corrected chi connectivity index (χ0v) is 17.7. The maximum absolute atomic E-state index is 13.4. The number of imide groups is 1. The molecule has 0 fully saturated rings. The first kappa shape index (κ1) is 22.1. The number of anilines is 2. The van der Waals surface area contributed by atoms with Crippen molar-refractivity contribution in [2.24, 2.45) is 0 Å². The molecule has 168 valence electrons. The summed E-state index contributed by atoms with van der Waals surface area (Å²) in [7, 11) is 0. The first-order valence-electron chi connectivity index (χ1n) is 10.0. The Balaban J connectivity index is 1.77. The molecule has 3 aromatic carbocycles. The van der Waals surface area contributed by atoms with Gasteiger partial charge in [0.2, 0.25) is 0 Å². The molecule has 1 aliphatic rings. The second-order valence-electron chi connectivity index (χ2n) is 7.61. The largest absolute Gasteiger partial charge is 0.573 e. The van der Waals surface area contributed by atoms with E-state index in [1.165, 1.54) is 12.1 Å². The number of amides is 2. The quantitative estimate of drug-likeness (QED) is 0.512. The topological polar surface area (TPSA) is 58.6 Å². The van der Waals surface area contributed by atoms with Gasteiger partial charge in [0.15, 0.2) is 0 Å². The van der Waals surface area contributed by atoms with Gasteiger partial charge in [-0.05, 0) is 54.8 Å². The molecule has 4 rings (SSSR count). The molecule has 0 bridgehead atoms. The Kier molecular flexibility index (Phi) is 5.68. The molecule has 2 amide bonds. The van der Waals surface area contributed by atoms with E-state index in [-0.39, 0.29) is 17.0 Å². The van der Waals surface area contributed by atoms with Crippen molar-refractivity contribution < 1.29 is 27.5 Å². The van der Waals surface area contributed by atoms with Crippen molar-refractivity contribution in [2.45, 2.75) is 20.2 Å². The summed E-state index contributed by atoms with van der Waals surface area (Å²) in [4.78, 5) is 27.9. The number of nitrogens with zero attached hydrogens (tertiary/aromatic N) is 1. The second kappa shape index (κ2) is 8.46. The Morgan fingerprint density at radius 3 is 2.12 bits per heavy atom. The summed E-state index contributed by atoms with van der Waals surface area (Å²) in [6.07, 6.45) is -4.86. The molecule has 0 saturated heterocycles. The lowest BCUT2D eigenvalue weighted by Crippen LogP contribution is -2.32. The Labute approximate surface area is 188 Å². The SMILES string of the molecule is Cc1cc(C)cc(N2C(=O)C(Nc3cccc(OC(F)(F)F)c3)=C(c3ccccc3)C2=O)c1. The summed E-state index contributed by atoms with van der Waals surface area (Å²) in [5.74, 6) is -1.58. The summed E-state index contributed by atoms with van der Waals surface area (Å²) < 4.78 is 41.8. The van der Waals surface area contributed by atoms with E-state index >= 15 is 0 Å². The van der Waals surface area contributed by atoms with Crippen LogP contribution in [0.1, 0.15) is 16.7 Å². The Bertz CT molecular complexity index is 1250. The minimum atomic E-state index is -4.86. The molecule has 8 heteroatoms. The number of carbonyl (C=O) groups is 2. The molecule has 1 N–H and O–H groups in total. The predicted octanol–water partition coefficient (Wildman–Crippen LogP) is 5.60. The molecule has 0 aromatic heterocycles. The number of halogens is 3. The van der Waals surface area contributed by atoms with Gasteiger partial charge in [-0.2, -0.15) is 0 Å².